The first-order chi connectivity index (χ1) is 30.4. The highest BCUT2D eigenvalue weighted by Gasteiger charge is 2.30. The normalized spacial score (nSPS) is 16.2. The Hall–Kier alpha value is -2.52. The van der Waals surface area contributed by atoms with E-state index in [1.54, 1.807) is 48.5 Å². The summed E-state index contributed by atoms with van der Waals surface area (Å²) in [6.45, 7) is 11.7. The van der Waals surface area contributed by atoms with Gasteiger partial charge in [-0.25, -0.2) is 16.8 Å². The zero-order valence-corrected chi connectivity index (χ0v) is 42.6. The highest BCUT2D eigenvalue weighted by atomic mass is 35.5. The standard InChI is InChI=1S/C21H24Cl2N4O3S.C21H26Cl2N2O3S.C3H9P.CH4/c1-27-13-19(18-11-16(22)12-21(23)20(18)14-27)15-4-2-5-17(10-15)31(28,29)9-3-7-30-8-6-25-26-24;1-25-13-19(18-11-16(22)12-21(23)20(18)14-25)15-4-2-5-17(10-15)29(26,27)9-3-7-28-8-6-24;1-4(2)3;/h2,4-5,10-12,19H,3,6-9,13-14H2,1H3;2,4-5,10-12,19H,3,6-9,13-14,24H2,1H3;1-3H3;1H4. The van der Waals surface area contributed by atoms with Crippen LogP contribution in [-0.4, -0.2) is 125 Å². The molecular weight excluding hydrogens is 969 g/mol. The van der Waals surface area contributed by atoms with Gasteiger partial charge in [0, 0.05) is 89.3 Å². The first-order valence-electron chi connectivity index (χ1n) is 20.8. The van der Waals surface area contributed by atoms with Crippen LogP contribution in [-0.2, 0) is 42.2 Å². The Morgan fingerprint density at radius 3 is 1.52 bits per heavy atom. The molecule has 0 radical (unpaired) electrons. The summed E-state index contributed by atoms with van der Waals surface area (Å²) in [5.74, 6) is 0.00323. The lowest BCUT2D eigenvalue weighted by Crippen LogP contribution is -2.31. The van der Waals surface area contributed by atoms with Gasteiger partial charge in [0.05, 0.1) is 34.5 Å². The van der Waals surface area contributed by atoms with Crippen LogP contribution in [0.4, 0.5) is 0 Å². The average molecular weight is 1030 g/mol. The molecule has 0 spiro atoms. The van der Waals surface area contributed by atoms with Crippen molar-refractivity contribution in [2.24, 2.45) is 10.8 Å². The van der Waals surface area contributed by atoms with E-state index in [1.165, 1.54) is 0 Å². The molecule has 0 aliphatic carbocycles. The van der Waals surface area contributed by atoms with E-state index in [0.717, 1.165) is 59.6 Å². The predicted molar refractivity (Wildman–Crippen MR) is 272 cm³/mol. The smallest absolute Gasteiger partial charge is 0.178 e. The number of rotatable bonds is 17. The van der Waals surface area contributed by atoms with Gasteiger partial charge in [-0.3, -0.25) is 0 Å². The fraction of sp³-hybridized carbons (Fsp3) is 0.478. The van der Waals surface area contributed by atoms with Crippen LogP contribution in [0.15, 0.2) is 87.7 Å². The molecule has 0 amide bonds. The summed E-state index contributed by atoms with van der Waals surface area (Å²) in [5.41, 5.74) is 19.6. The van der Waals surface area contributed by atoms with Gasteiger partial charge in [-0.2, -0.15) is 0 Å². The molecule has 19 heteroatoms. The van der Waals surface area contributed by atoms with E-state index in [0.29, 0.717) is 70.4 Å². The van der Waals surface area contributed by atoms with Gasteiger partial charge in [-0.15, -0.1) is 7.92 Å². The number of ether oxygens (including phenoxy) is 2. The van der Waals surface area contributed by atoms with E-state index in [1.807, 2.05) is 38.4 Å². The summed E-state index contributed by atoms with van der Waals surface area (Å²) in [5, 5.41) is 5.80. The van der Waals surface area contributed by atoms with Crippen molar-refractivity contribution in [1.82, 2.24) is 9.80 Å². The van der Waals surface area contributed by atoms with Crippen LogP contribution in [0.1, 0.15) is 65.5 Å². The number of hydrogen-bond donors (Lipinski definition) is 1. The van der Waals surface area contributed by atoms with E-state index in [9.17, 15) is 16.8 Å². The van der Waals surface area contributed by atoms with Crippen LogP contribution in [0.2, 0.25) is 20.1 Å². The maximum atomic E-state index is 12.8. The van der Waals surface area contributed by atoms with Gasteiger partial charge in [0.1, 0.15) is 0 Å². The Balaban J connectivity index is 0.000000315. The van der Waals surface area contributed by atoms with Crippen LogP contribution < -0.4 is 5.73 Å². The molecule has 2 atom stereocenters. The van der Waals surface area contributed by atoms with E-state index < -0.39 is 19.7 Å². The van der Waals surface area contributed by atoms with Gasteiger partial charge in [-0.1, -0.05) is 83.2 Å². The van der Waals surface area contributed by atoms with Crippen molar-refractivity contribution in [3.8, 4) is 0 Å². The number of fused-ring (bicyclic) bond motifs is 2. The number of sulfone groups is 2. The maximum Gasteiger partial charge on any atom is 0.178 e. The molecule has 0 aromatic heterocycles. The Bertz CT molecular complexity index is 2440. The summed E-state index contributed by atoms with van der Waals surface area (Å²) in [4.78, 5) is 7.61. The van der Waals surface area contributed by atoms with Crippen molar-refractivity contribution in [2.45, 2.75) is 55.0 Å². The summed E-state index contributed by atoms with van der Waals surface area (Å²) in [6.07, 6.45) is 0.801. The lowest BCUT2D eigenvalue weighted by molar-refractivity contribution is 0.142. The first kappa shape index (κ1) is 56.8. The van der Waals surface area contributed by atoms with Crippen LogP contribution in [0, 0.1) is 0 Å². The quantitative estimate of drug-likeness (QED) is 0.0356. The third-order valence-corrected chi connectivity index (χ3v) is 15.0. The minimum atomic E-state index is -3.45. The molecule has 4 aromatic rings. The van der Waals surface area contributed by atoms with Crippen molar-refractivity contribution in [1.29, 1.82) is 0 Å². The zero-order chi connectivity index (χ0) is 47.0. The third-order valence-electron chi connectivity index (χ3n) is 10.3. The number of nitrogens with zero attached hydrogens (tertiary/aromatic N) is 5. The topological polar surface area (TPSA) is 168 Å². The molecular formula is C46H63Cl4N6O6PS2. The van der Waals surface area contributed by atoms with Crippen molar-refractivity contribution >= 4 is 74.0 Å². The van der Waals surface area contributed by atoms with Crippen LogP contribution in [0.25, 0.3) is 10.4 Å². The number of halogens is 4. The van der Waals surface area contributed by atoms with Gasteiger partial charge in [0.25, 0.3) is 0 Å². The molecule has 2 heterocycles. The molecule has 65 heavy (non-hydrogen) atoms. The summed E-state index contributed by atoms with van der Waals surface area (Å²) < 4.78 is 61.8. The highest BCUT2D eigenvalue weighted by molar-refractivity contribution is 7.91. The lowest BCUT2D eigenvalue weighted by Gasteiger charge is -2.33. The van der Waals surface area contributed by atoms with Gasteiger partial charge < -0.3 is 25.0 Å². The lowest BCUT2D eigenvalue weighted by atomic mass is 9.85. The van der Waals surface area contributed by atoms with E-state index >= 15 is 0 Å². The summed E-state index contributed by atoms with van der Waals surface area (Å²) >= 11 is 25.4. The Kier molecular flexibility index (Phi) is 24.0. The fourth-order valence-corrected chi connectivity index (χ4v) is 11.3. The van der Waals surface area contributed by atoms with Crippen molar-refractivity contribution in [3.63, 3.8) is 0 Å². The summed E-state index contributed by atoms with van der Waals surface area (Å²) in [6, 6.07) is 21.7. The van der Waals surface area contributed by atoms with Crippen molar-refractivity contribution in [2.75, 3.05) is 98.2 Å². The molecule has 2 aliphatic rings. The number of benzene rings is 4. The monoisotopic (exact) mass is 1030 g/mol. The van der Waals surface area contributed by atoms with Crippen LogP contribution >= 0.6 is 54.3 Å². The van der Waals surface area contributed by atoms with Crippen LogP contribution in [0.3, 0.4) is 0 Å². The minimum Gasteiger partial charge on any atom is -0.381 e. The molecule has 12 nitrogen and oxygen atoms in total. The highest BCUT2D eigenvalue weighted by Crippen LogP contribution is 2.40. The van der Waals surface area contributed by atoms with Gasteiger partial charge in [0.15, 0.2) is 19.7 Å². The molecule has 0 saturated carbocycles. The molecule has 0 bridgehead atoms. The number of hydrogen-bond acceptors (Lipinski definition) is 10. The Morgan fingerprint density at radius 2 is 1.12 bits per heavy atom. The molecule has 0 saturated heterocycles. The first-order valence-corrected chi connectivity index (χ1v) is 28.3. The van der Waals surface area contributed by atoms with E-state index in [4.69, 9.17) is 67.1 Å². The van der Waals surface area contributed by atoms with Gasteiger partial charge >= 0.3 is 0 Å². The Morgan fingerprint density at radius 1 is 0.708 bits per heavy atom. The number of likely N-dealkylation sites (N-methyl/N-ethyl adjacent to an activating group) is 2. The van der Waals surface area contributed by atoms with Gasteiger partial charge in [-0.05, 0) is 134 Å². The predicted octanol–water partition coefficient (Wildman–Crippen LogP) is 10.8. The number of nitrogens with two attached hydrogens (primary N) is 1. The average Bonchev–Trinajstić information content (AvgIpc) is 3.23. The second-order valence-electron chi connectivity index (χ2n) is 16.2. The maximum absolute atomic E-state index is 12.8. The molecule has 6 rings (SSSR count). The third kappa shape index (κ3) is 17.5. The Labute approximate surface area is 408 Å². The van der Waals surface area contributed by atoms with Gasteiger partial charge in [0.2, 0.25) is 0 Å². The molecule has 358 valence electrons. The number of azide groups is 1. The molecule has 4 aromatic carbocycles. The zero-order valence-electron chi connectivity index (χ0n) is 37.0. The summed E-state index contributed by atoms with van der Waals surface area (Å²) in [7, 11) is -2.42. The van der Waals surface area contributed by atoms with Crippen LogP contribution in [0.5, 0.6) is 0 Å². The minimum absolute atomic E-state index is 0. The van der Waals surface area contributed by atoms with Crippen molar-refractivity contribution in [3.05, 3.63) is 137 Å². The van der Waals surface area contributed by atoms with E-state index in [2.05, 4.69) is 39.8 Å². The SMILES string of the molecule is C.CN1Cc2c(Cl)cc(Cl)cc2C(c2cccc(S(=O)(=O)CCCOCCN)c2)C1.CN1Cc2c(Cl)cc(Cl)cc2C(c2cccc(S(=O)(=O)CCCOCCN=[N+]=[N-])c2)C1.CP(C)C. The molecule has 0 fully saturated rings. The molecule has 2 aliphatic heterocycles. The van der Waals surface area contributed by atoms with E-state index in [-0.39, 0.29) is 50.5 Å². The fourth-order valence-electron chi connectivity index (χ4n) is 7.49. The molecule has 2 N–H and O–H groups in total. The largest absolute Gasteiger partial charge is 0.381 e. The second kappa shape index (κ2) is 27.5. The van der Waals surface area contributed by atoms with Crippen molar-refractivity contribution < 1.29 is 26.3 Å². The second-order valence-corrected chi connectivity index (χ2v) is 24.8. The molecule has 2 unspecified atom stereocenters.